The quantitative estimate of drug-likeness (QED) is 0.306. The fourth-order valence-electron chi connectivity index (χ4n) is 1.91. The van der Waals surface area contributed by atoms with Gasteiger partial charge >= 0.3 is 0 Å². The minimum atomic E-state index is 0. The molecule has 2 aromatic rings. The summed E-state index contributed by atoms with van der Waals surface area (Å²) in [6.45, 7) is 4.60. The normalized spacial score (nSPS) is 11.0. The number of rotatable bonds is 7. The molecule has 0 spiro atoms. The second-order valence-electron chi connectivity index (χ2n) is 4.60. The van der Waals surface area contributed by atoms with Crippen molar-refractivity contribution in [3.63, 3.8) is 0 Å². The van der Waals surface area contributed by atoms with E-state index in [4.69, 9.17) is 9.26 Å². The first-order valence-electron chi connectivity index (χ1n) is 7.36. The van der Waals surface area contributed by atoms with Crippen molar-refractivity contribution in [2.45, 2.75) is 13.5 Å². The number of halogens is 1. The molecule has 0 atom stereocenters. The Bertz CT molecular complexity index is 587. The second kappa shape index (κ2) is 11.0. The third-order valence-corrected chi connectivity index (χ3v) is 3.02. The predicted molar refractivity (Wildman–Crippen MR) is 102 cm³/mol. The monoisotopic (exact) mass is 430 g/mol. The number of ether oxygens (including phenoxy) is 1. The zero-order chi connectivity index (χ0) is 15.6. The molecular formula is C16H23IN4O2. The first-order chi connectivity index (χ1) is 10.8. The van der Waals surface area contributed by atoms with Crippen molar-refractivity contribution in [1.82, 2.24) is 15.8 Å². The smallest absolute Gasteiger partial charge is 0.191 e. The van der Waals surface area contributed by atoms with Crippen LogP contribution in [0.25, 0.3) is 11.3 Å². The van der Waals surface area contributed by atoms with Crippen molar-refractivity contribution >= 4 is 29.9 Å². The molecule has 0 saturated carbocycles. The summed E-state index contributed by atoms with van der Waals surface area (Å²) >= 11 is 0. The van der Waals surface area contributed by atoms with Crippen LogP contribution >= 0.6 is 24.0 Å². The van der Waals surface area contributed by atoms with Crippen molar-refractivity contribution in [3.8, 4) is 11.3 Å². The molecule has 0 fully saturated rings. The third-order valence-electron chi connectivity index (χ3n) is 3.02. The van der Waals surface area contributed by atoms with E-state index >= 15 is 0 Å². The number of nitrogens with one attached hydrogen (secondary N) is 2. The summed E-state index contributed by atoms with van der Waals surface area (Å²) in [6.07, 6.45) is 0. The van der Waals surface area contributed by atoms with Crippen LogP contribution in [-0.4, -0.2) is 37.9 Å². The van der Waals surface area contributed by atoms with Crippen LogP contribution in [0.1, 0.15) is 12.6 Å². The lowest BCUT2D eigenvalue weighted by molar-refractivity contribution is 0.152. The Morgan fingerprint density at radius 3 is 2.74 bits per heavy atom. The molecule has 0 aliphatic heterocycles. The molecule has 0 aliphatic carbocycles. The van der Waals surface area contributed by atoms with Gasteiger partial charge in [-0.25, -0.2) is 0 Å². The lowest BCUT2D eigenvalue weighted by Crippen LogP contribution is -2.38. The number of hydrogen-bond donors (Lipinski definition) is 2. The maximum atomic E-state index is 5.36. The van der Waals surface area contributed by atoms with Crippen molar-refractivity contribution in [3.05, 3.63) is 42.1 Å². The van der Waals surface area contributed by atoms with E-state index in [1.165, 1.54) is 0 Å². The van der Waals surface area contributed by atoms with Crippen molar-refractivity contribution in [2.75, 3.05) is 26.8 Å². The lowest BCUT2D eigenvalue weighted by atomic mass is 10.2. The summed E-state index contributed by atoms with van der Waals surface area (Å²) < 4.78 is 10.6. The third kappa shape index (κ3) is 6.57. The molecule has 23 heavy (non-hydrogen) atoms. The molecule has 0 saturated heterocycles. The molecule has 126 valence electrons. The first-order valence-corrected chi connectivity index (χ1v) is 7.36. The molecule has 1 aromatic heterocycles. The van der Waals surface area contributed by atoms with E-state index in [1.54, 1.807) is 7.05 Å². The molecule has 1 heterocycles. The standard InChI is InChI=1S/C16H22N4O2.HI/c1-3-21-10-9-18-16(17-2)19-12-14-11-15(22-20-14)13-7-5-4-6-8-13;/h4-8,11H,3,9-10,12H2,1-2H3,(H2,17,18,19);1H. The number of aliphatic imine (C=N–C) groups is 1. The van der Waals surface area contributed by atoms with E-state index in [0.717, 1.165) is 23.6 Å². The minimum Gasteiger partial charge on any atom is -0.380 e. The second-order valence-corrected chi connectivity index (χ2v) is 4.60. The van der Waals surface area contributed by atoms with Gasteiger partial charge in [0.2, 0.25) is 0 Å². The van der Waals surface area contributed by atoms with E-state index in [0.29, 0.717) is 25.7 Å². The van der Waals surface area contributed by atoms with Crippen LogP contribution in [0.2, 0.25) is 0 Å². The topological polar surface area (TPSA) is 71.7 Å². The molecule has 0 radical (unpaired) electrons. The summed E-state index contributed by atoms with van der Waals surface area (Å²) in [5.74, 6) is 1.47. The molecular weight excluding hydrogens is 407 g/mol. The highest BCUT2D eigenvalue weighted by molar-refractivity contribution is 14.0. The van der Waals surface area contributed by atoms with Crippen LogP contribution < -0.4 is 10.6 Å². The molecule has 1 aromatic carbocycles. The fraction of sp³-hybridized carbons (Fsp3) is 0.375. The Balaban J connectivity index is 0.00000264. The van der Waals surface area contributed by atoms with Gasteiger partial charge in [-0.3, -0.25) is 4.99 Å². The van der Waals surface area contributed by atoms with E-state index in [1.807, 2.05) is 43.3 Å². The van der Waals surface area contributed by atoms with Crippen LogP contribution in [0.5, 0.6) is 0 Å². The Hall–Kier alpha value is -1.61. The van der Waals surface area contributed by atoms with Crippen LogP contribution in [-0.2, 0) is 11.3 Å². The maximum absolute atomic E-state index is 5.36. The Morgan fingerprint density at radius 2 is 2.04 bits per heavy atom. The summed E-state index contributed by atoms with van der Waals surface area (Å²) in [7, 11) is 1.73. The molecule has 2 rings (SSSR count). The maximum Gasteiger partial charge on any atom is 0.191 e. The van der Waals surface area contributed by atoms with Gasteiger partial charge in [0, 0.05) is 31.8 Å². The van der Waals surface area contributed by atoms with E-state index < -0.39 is 0 Å². The van der Waals surface area contributed by atoms with Gasteiger partial charge in [0.15, 0.2) is 11.7 Å². The molecule has 0 amide bonds. The SMILES string of the molecule is CCOCCNC(=NC)NCc1cc(-c2ccccc2)on1.I. The van der Waals surface area contributed by atoms with Crippen molar-refractivity contribution in [1.29, 1.82) is 0 Å². The van der Waals surface area contributed by atoms with E-state index in [-0.39, 0.29) is 24.0 Å². The van der Waals surface area contributed by atoms with Gasteiger partial charge in [0.25, 0.3) is 0 Å². The van der Waals surface area contributed by atoms with Crippen LogP contribution in [0.4, 0.5) is 0 Å². The zero-order valence-corrected chi connectivity index (χ0v) is 15.7. The molecule has 7 heteroatoms. The van der Waals surface area contributed by atoms with Crippen LogP contribution in [0, 0.1) is 0 Å². The number of benzene rings is 1. The van der Waals surface area contributed by atoms with Gasteiger partial charge in [-0.05, 0) is 6.92 Å². The average Bonchev–Trinajstić information content (AvgIpc) is 3.04. The summed E-state index contributed by atoms with van der Waals surface area (Å²) in [5, 5.41) is 10.4. The largest absolute Gasteiger partial charge is 0.380 e. The number of hydrogen-bond acceptors (Lipinski definition) is 4. The van der Waals surface area contributed by atoms with Crippen molar-refractivity contribution in [2.24, 2.45) is 4.99 Å². The highest BCUT2D eigenvalue weighted by Gasteiger charge is 2.06. The van der Waals surface area contributed by atoms with Gasteiger partial charge in [-0.1, -0.05) is 35.5 Å². The Labute approximate surface area is 153 Å². The zero-order valence-electron chi connectivity index (χ0n) is 13.4. The predicted octanol–water partition coefficient (Wildman–Crippen LogP) is 2.66. The summed E-state index contributed by atoms with van der Waals surface area (Å²) in [5.41, 5.74) is 1.84. The molecule has 2 N–H and O–H groups in total. The van der Waals surface area contributed by atoms with E-state index in [9.17, 15) is 0 Å². The Kier molecular flexibility index (Phi) is 9.30. The van der Waals surface area contributed by atoms with Crippen LogP contribution in [0.15, 0.2) is 45.9 Å². The summed E-state index contributed by atoms with van der Waals surface area (Å²) in [4.78, 5) is 4.15. The summed E-state index contributed by atoms with van der Waals surface area (Å²) in [6, 6.07) is 11.8. The van der Waals surface area contributed by atoms with Gasteiger partial charge in [-0.15, -0.1) is 24.0 Å². The van der Waals surface area contributed by atoms with Gasteiger partial charge < -0.3 is 19.9 Å². The molecule has 0 aliphatic rings. The minimum absolute atomic E-state index is 0. The number of nitrogens with zero attached hydrogens (tertiary/aromatic N) is 2. The molecule has 0 bridgehead atoms. The number of guanidine groups is 1. The number of aromatic nitrogens is 1. The van der Waals surface area contributed by atoms with E-state index in [2.05, 4.69) is 20.8 Å². The van der Waals surface area contributed by atoms with Gasteiger partial charge in [0.1, 0.15) is 5.69 Å². The highest BCUT2D eigenvalue weighted by Crippen LogP contribution is 2.19. The van der Waals surface area contributed by atoms with Crippen molar-refractivity contribution < 1.29 is 9.26 Å². The molecule has 0 unspecified atom stereocenters. The Morgan fingerprint density at radius 1 is 1.26 bits per heavy atom. The van der Waals surface area contributed by atoms with Gasteiger partial charge in [-0.2, -0.15) is 0 Å². The first kappa shape index (κ1) is 19.4. The van der Waals surface area contributed by atoms with Gasteiger partial charge in [0.05, 0.1) is 13.2 Å². The lowest BCUT2D eigenvalue weighted by Gasteiger charge is -2.10. The fourth-order valence-corrected chi connectivity index (χ4v) is 1.91. The van der Waals surface area contributed by atoms with Crippen LogP contribution in [0.3, 0.4) is 0 Å². The molecule has 6 nitrogen and oxygen atoms in total. The highest BCUT2D eigenvalue weighted by atomic mass is 127. The average molecular weight is 430 g/mol.